The molecular weight excluding hydrogens is 284 g/mol. The predicted molar refractivity (Wildman–Crippen MR) is 55.6 cm³/mol. The van der Waals surface area contributed by atoms with Gasteiger partial charge >= 0.3 is 0 Å². The number of hydrogen-bond donors (Lipinski definition) is 1. The average Bonchev–Trinajstić information content (AvgIpc) is 2.07. The summed E-state index contributed by atoms with van der Waals surface area (Å²) in [6, 6.07) is 5.78. The van der Waals surface area contributed by atoms with E-state index < -0.39 is 0 Å². The Morgan fingerprint density at radius 3 is 2.67 bits per heavy atom. The molecule has 62 valence electrons. The molecule has 0 spiro atoms. The molecule has 1 rings (SSSR count). The minimum absolute atomic E-state index is 0.373. The molecule has 1 aromatic rings. The second-order valence-electron chi connectivity index (χ2n) is 2.27. The van der Waals surface area contributed by atoms with Crippen molar-refractivity contribution in [3.63, 3.8) is 0 Å². The number of rotatable bonds is 1. The van der Waals surface area contributed by atoms with Crippen LogP contribution in [0.25, 0.3) is 0 Å². The summed E-state index contributed by atoms with van der Waals surface area (Å²) in [5.41, 5.74) is 7.27. The van der Waals surface area contributed by atoms with Crippen LogP contribution in [0.15, 0.2) is 21.1 Å². The molecule has 12 heavy (non-hydrogen) atoms. The molecule has 1 aromatic carbocycles. The molecule has 0 saturated heterocycles. The molecule has 0 aliphatic heterocycles. The third-order valence-corrected chi connectivity index (χ3v) is 3.10. The van der Waals surface area contributed by atoms with Gasteiger partial charge in [-0.2, -0.15) is 5.26 Å². The second kappa shape index (κ2) is 3.92. The van der Waals surface area contributed by atoms with E-state index in [-0.39, 0.29) is 0 Å². The zero-order valence-electron chi connectivity index (χ0n) is 6.14. The van der Waals surface area contributed by atoms with E-state index in [9.17, 15) is 0 Å². The van der Waals surface area contributed by atoms with Crippen molar-refractivity contribution in [2.24, 2.45) is 0 Å². The monoisotopic (exact) mass is 288 g/mol. The lowest BCUT2D eigenvalue weighted by Gasteiger charge is -2.04. The molecule has 0 unspecified atom stereocenters. The molecular formula is C8H6Br2N2. The van der Waals surface area contributed by atoms with Crippen LogP contribution in [0.5, 0.6) is 0 Å². The fourth-order valence-corrected chi connectivity index (χ4v) is 1.92. The maximum atomic E-state index is 8.48. The quantitative estimate of drug-likeness (QED) is 0.808. The number of halogens is 2. The van der Waals surface area contributed by atoms with E-state index in [1.54, 1.807) is 0 Å². The third kappa shape index (κ3) is 1.79. The van der Waals surface area contributed by atoms with E-state index >= 15 is 0 Å². The number of hydrogen-bond acceptors (Lipinski definition) is 2. The van der Waals surface area contributed by atoms with Crippen molar-refractivity contribution in [3.8, 4) is 6.07 Å². The normalized spacial score (nSPS) is 9.42. The lowest BCUT2D eigenvalue weighted by atomic mass is 10.1. The Labute approximate surface area is 87.6 Å². The molecule has 2 nitrogen and oxygen atoms in total. The van der Waals surface area contributed by atoms with Crippen molar-refractivity contribution in [1.29, 1.82) is 5.26 Å². The Kier molecular flexibility index (Phi) is 3.12. The largest absolute Gasteiger partial charge is 0.397 e. The van der Waals surface area contributed by atoms with Gasteiger partial charge in [-0.1, -0.05) is 6.07 Å². The van der Waals surface area contributed by atoms with Gasteiger partial charge in [0.1, 0.15) is 0 Å². The summed E-state index contributed by atoms with van der Waals surface area (Å²) in [6.45, 7) is 0. The lowest BCUT2D eigenvalue weighted by molar-refractivity contribution is 1.24. The van der Waals surface area contributed by atoms with E-state index in [0.29, 0.717) is 12.1 Å². The molecule has 0 aliphatic carbocycles. The van der Waals surface area contributed by atoms with Crippen molar-refractivity contribution in [2.75, 3.05) is 5.73 Å². The summed E-state index contributed by atoms with van der Waals surface area (Å²) in [7, 11) is 0. The van der Waals surface area contributed by atoms with Gasteiger partial charge < -0.3 is 5.73 Å². The van der Waals surface area contributed by atoms with Crippen LogP contribution in [-0.2, 0) is 6.42 Å². The molecule has 0 amide bonds. The van der Waals surface area contributed by atoms with Crippen LogP contribution in [0.2, 0.25) is 0 Å². The summed E-state index contributed by atoms with van der Waals surface area (Å²) in [6.07, 6.45) is 0.373. The minimum atomic E-state index is 0.373. The molecule has 0 aromatic heterocycles. The van der Waals surface area contributed by atoms with Gasteiger partial charge in [-0.25, -0.2) is 0 Å². The Morgan fingerprint density at radius 2 is 2.08 bits per heavy atom. The first-order chi connectivity index (χ1) is 5.66. The number of benzene rings is 1. The van der Waals surface area contributed by atoms with Crippen LogP contribution >= 0.6 is 31.9 Å². The second-order valence-corrected chi connectivity index (χ2v) is 3.92. The van der Waals surface area contributed by atoms with Crippen LogP contribution < -0.4 is 5.73 Å². The number of nitrogens with zero attached hydrogens (tertiary/aromatic N) is 1. The van der Waals surface area contributed by atoms with Gasteiger partial charge in [0.05, 0.1) is 18.2 Å². The standard InChI is InChI=1S/C8H6Br2N2/c9-6-2-1-5(3-4-11)7(10)8(6)12/h1-2H,3,12H2. The van der Waals surface area contributed by atoms with Gasteiger partial charge in [0.25, 0.3) is 0 Å². The first-order valence-corrected chi connectivity index (χ1v) is 4.84. The highest BCUT2D eigenvalue weighted by molar-refractivity contribution is 9.11. The Balaban J connectivity index is 3.19. The maximum absolute atomic E-state index is 8.48. The summed E-state index contributed by atoms with van der Waals surface area (Å²) in [5, 5.41) is 8.48. The fourth-order valence-electron chi connectivity index (χ4n) is 0.836. The summed E-state index contributed by atoms with van der Waals surface area (Å²) in [5.74, 6) is 0. The fraction of sp³-hybridized carbons (Fsp3) is 0.125. The SMILES string of the molecule is N#CCc1ccc(Br)c(N)c1Br. The van der Waals surface area contributed by atoms with Crippen LogP contribution in [-0.4, -0.2) is 0 Å². The lowest BCUT2D eigenvalue weighted by Crippen LogP contribution is -1.92. The minimum Gasteiger partial charge on any atom is -0.397 e. The topological polar surface area (TPSA) is 49.8 Å². The van der Waals surface area contributed by atoms with Crippen LogP contribution in [0, 0.1) is 11.3 Å². The first kappa shape index (κ1) is 9.56. The van der Waals surface area contributed by atoms with E-state index in [4.69, 9.17) is 11.0 Å². The molecule has 0 radical (unpaired) electrons. The van der Waals surface area contributed by atoms with Gasteiger partial charge in [-0.3, -0.25) is 0 Å². The van der Waals surface area contributed by atoms with E-state index in [1.807, 2.05) is 12.1 Å². The van der Waals surface area contributed by atoms with Crippen molar-refractivity contribution < 1.29 is 0 Å². The highest BCUT2D eigenvalue weighted by Crippen LogP contribution is 2.31. The number of nitrogen functional groups attached to an aromatic ring is 1. The molecule has 4 heteroatoms. The van der Waals surface area contributed by atoms with Crippen molar-refractivity contribution >= 4 is 37.5 Å². The van der Waals surface area contributed by atoms with E-state index in [2.05, 4.69) is 37.9 Å². The summed E-state index contributed by atoms with van der Waals surface area (Å²) >= 11 is 6.62. The smallest absolute Gasteiger partial charge is 0.0670 e. The molecule has 2 N–H and O–H groups in total. The Bertz CT molecular complexity index is 342. The third-order valence-electron chi connectivity index (χ3n) is 1.48. The summed E-state index contributed by atoms with van der Waals surface area (Å²) in [4.78, 5) is 0. The molecule has 0 fully saturated rings. The van der Waals surface area contributed by atoms with Gasteiger partial charge in [0.15, 0.2) is 0 Å². The number of nitriles is 1. The highest BCUT2D eigenvalue weighted by atomic mass is 79.9. The average molecular weight is 290 g/mol. The molecule has 0 aliphatic rings. The molecule has 0 atom stereocenters. The molecule has 0 heterocycles. The van der Waals surface area contributed by atoms with Gasteiger partial charge in [-0.05, 0) is 43.5 Å². The predicted octanol–water partition coefficient (Wildman–Crippen LogP) is 2.86. The van der Waals surface area contributed by atoms with Gasteiger partial charge in [-0.15, -0.1) is 0 Å². The van der Waals surface area contributed by atoms with E-state index in [1.165, 1.54) is 0 Å². The molecule has 0 saturated carbocycles. The van der Waals surface area contributed by atoms with Gasteiger partial charge in [0, 0.05) is 8.95 Å². The summed E-state index contributed by atoms with van der Waals surface area (Å²) < 4.78 is 1.65. The first-order valence-electron chi connectivity index (χ1n) is 3.26. The van der Waals surface area contributed by atoms with Crippen LogP contribution in [0.3, 0.4) is 0 Å². The van der Waals surface area contributed by atoms with Crippen molar-refractivity contribution in [2.45, 2.75) is 6.42 Å². The van der Waals surface area contributed by atoms with Gasteiger partial charge in [0.2, 0.25) is 0 Å². The molecule has 0 bridgehead atoms. The van der Waals surface area contributed by atoms with Crippen molar-refractivity contribution in [3.05, 3.63) is 26.6 Å². The van der Waals surface area contributed by atoms with Crippen molar-refractivity contribution in [1.82, 2.24) is 0 Å². The van der Waals surface area contributed by atoms with E-state index in [0.717, 1.165) is 14.5 Å². The Morgan fingerprint density at radius 1 is 1.42 bits per heavy atom. The Hall–Kier alpha value is -0.530. The maximum Gasteiger partial charge on any atom is 0.0670 e. The number of anilines is 1. The number of nitrogens with two attached hydrogens (primary N) is 1. The highest BCUT2D eigenvalue weighted by Gasteiger charge is 2.05. The zero-order chi connectivity index (χ0) is 9.14. The van der Waals surface area contributed by atoms with Crippen LogP contribution in [0.1, 0.15) is 5.56 Å². The van der Waals surface area contributed by atoms with Crippen LogP contribution in [0.4, 0.5) is 5.69 Å². The zero-order valence-corrected chi connectivity index (χ0v) is 9.31.